The van der Waals surface area contributed by atoms with Gasteiger partial charge < -0.3 is 5.73 Å². The summed E-state index contributed by atoms with van der Waals surface area (Å²) in [5, 5.41) is 2.84. The Bertz CT molecular complexity index is 425. The van der Waals surface area contributed by atoms with Gasteiger partial charge in [-0.15, -0.1) is 11.3 Å². The maximum atomic E-state index is 6.09. The normalized spacial score (nSPS) is 12.7. The summed E-state index contributed by atoms with van der Waals surface area (Å²) in [6.07, 6.45) is 0.792. The Labute approximate surface area is 98.5 Å². The number of rotatable bonds is 3. The molecule has 0 aliphatic rings. The first-order valence-electron chi connectivity index (χ1n) is 4.80. The van der Waals surface area contributed by atoms with E-state index in [1.807, 2.05) is 35.7 Å². The van der Waals surface area contributed by atoms with Crippen LogP contribution < -0.4 is 5.73 Å². The number of hydrogen-bond donors (Lipinski definition) is 1. The van der Waals surface area contributed by atoms with Crippen molar-refractivity contribution in [3.8, 4) is 0 Å². The number of hydrogen-bond acceptors (Lipinski definition) is 2. The fraction of sp³-hybridized carbons (Fsp3) is 0.167. The number of halogens is 1. The monoisotopic (exact) mass is 237 g/mol. The van der Waals surface area contributed by atoms with Gasteiger partial charge in [-0.25, -0.2) is 0 Å². The molecule has 1 heterocycles. The van der Waals surface area contributed by atoms with Crippen molar-refractivity contribution in [2.45, 2.75) is 12.5 Å². The topological polar surface area (TPSA) is 26.0 Å². The van der Waals surface area contributed by atoms with Gasteiger partial charge in [-0.05, 0) is 29.5 Å². The fourth-order valence-corrected chi connectivity index (χ4v) is 2.45. The zero-order valence-electron chi connectivity index (χ0n) is 8.19. The van der Waals surface area contributed by atoms with Crippen LogP contribution in [0.4, 0.5) is 0 Å². The van der Waals surface area contributed by atoms with Crippen molar-refractivity contribution in [1.29, 1.82) is 0 Å². The Morgan fingerprint density at radius 3 is 2.67 bits per heavy atom. The van der Waals surface area contributed by atoms with E-state index in [4.69, 9.17) is 17.3 Å². The average molecular weight is 238 g/mol. The van der Waals surface area contributed by atoms with Crippen LogP contribution in [-0.4, -0.2) is 0 Å². The van der Waals surface area contributed by atoms with Crippen LogP contribution >= 0.6 is 22.9 Å². The molecular weight excluding hydrogens is 226 g/mol. The van der Waals surface area contributed by atoms with Gasteiger partial charge in [-0.1, -0.05) is 35.9 Å². The third-order valence-corrected chi connectivity index (χ3v) is 3.68. The van der Waals surface area contributed by atoms with Crippen molar-refractivity contribution in [2.75, 3.05) is 0 Å². The molecule has 2 N–H and O–H groups in total. The molecule has 1 atom stereocenters. The van der Waals surface area contributed by atoms with E-state index in [-0.39, 0.29) is 6.04 Å². The quantitative estimate of drug-likeness (QED) is 0.867. The molecule has 15 heavy (non-hydrogen) atoms. The smallest absolute Gasteiger partial charge is 0.0438 e. The van der Waals surface area contributed by atoms with Gasteiger partial charge in [0.25, 0.3) is 0 Å². The lowest BCUT2D eigenvalue weighted by Crippen LogP contribution is -2.11. The summed E-state index contributed by atoms with van der Waals surface area (Å²) < 4.78 is 0. The highest BCUT2D eigenvalue weighted by molar-refractivity contribution is 7.10. The van der Waals surface area contributed by atoms with E-state index >= 15 is 0 Å². The Morgan fingerprint density at radius 2 is 2.00 bits per heavy atom. The fourth-order valence-electron chi connectivity index (χ4n) is 1.50. The lowest BCUT2D eigenvalue weighted by Gasteiger charge is -2.10. The highest BCUT2D eigenvalue weighted by atomic mass is 35.5. The first-order chi connectivity index (χ1) is 7.27. The lowest BCUT2D eigenvalue weighted by molar-refractivity contribution is 0.737. The Morgan fingerprint density at radius 1 is 1.20 bits per heavy atom. The van der Waals surface area contributed by atoms with E-state index in [1.165, 1.54) is 4.88 Å². The molecule has 0 amide bonds. The molecule has 0 spiro atoms. The van der Waals surface area contributed by atoms with Gasteiger partial charge in [-0.3, -0.25) is 0 Å². The lowest BCUT2D eigenvalue weighted by atomic mass is 10.1. The van der Waals surface area contributed by atoms with Gasteiger partial charge in [-0.2, -0.15) is 0 Å². The molecule has 0 bridgehead atoms. The predicted molar refractivity (Wildman–Crippen MR) is 66.4 cm³/mol. The third kappa shape index (κ3) is 2.59. The summed E-state index contributed by atoms with van der Waals surface area (Å²) in [5.41, 5.74) is 7.20. The standard InChI is InChI=1S/C12H12ClNS/c13-10-5-2-1-4-9(10)8-11(14)12-6-3-7-15-12/h1-7,11H,8,14H2. The van der Waals surface area contributed by atoms with Crippen molar-refractivity contribution in [3.63, 3.8) is 0 Å². The van der Waals surface area contributed by atoms with Gasteiger partial charge in [0.1, 0.15) is 0 Å². The van der Waals surface area contributed by atoms with Gasteiger partial charge in [0.2, 0.25) is 0 Å². The van der Waals surface area contributed by atoms with E-state index in [0.717, 1.165) is 17.0 Å². The number of benzene rings is 1. The van der Waals surface area contributed by atoms with Crippen LogP contribution in [0.3, 0.4) is 0 Å². The summed E-state index contributed by atoms with van der Waals surface area (Å²) in [4.78, 5) is 1.20. The summed E-state index contributed by atoms with van der Waals surface area (Å²) in [5.74, 6) is 0. The first-order valence-corrected chi connectivity index (χ1v) is 6.05. The molecule has 0 aliphatic heterocycles. The first kappa shape index (κ1) is 10.7. The average Bonchev–Trinajstić information content (AvgIpc) is 2.74. The van der Waals surface area contributed by atoms with Gasteiger partial charge in [0.15, 0.2) is 0 Å². The van der Waals surface area contributed by atoms with Gasteiger partial charge in [0.05, 0.1) is 0 Å². The van der Waals surface area contributed by atoms with Crippen molar-refractivity contribution in [1.82, 2.24) is 0 Å². The number of nitrogens with two attached hydrogens (primary N) is 1. The molecule has 1 unspecified atom stereocenters. The summed E-state index contributed by atoms with van der Waals surface area (Å²) >= 11 is 7.77. The Kier molecular flexibility index (Phi) is 3.41. The van der Waals surface area contributed by atoms with Crippen LogP contribution in [0.2, 0.25) is 5.02 Å². The van der Waals surface area contributed by atoms with Gasteiger partial charge >= 0.3 is 0 Å². The van der Waals surface area contributed by atoms with Crippen LogP contribution in [0, 0.1) is 0 Å². The maximum Gasteiger partial charge on any atom is 0.0438 e. The Balaban J connectivity index is 2.13. The largest absolute Gasteiger partial charge is 0.323 e. The summed E-state index contributed by atoms with van der Waals surface area (Å²) in [6, 6.07) is 12.0. The minimum atomic E-state index is 0.0462. The molecule has 0 saturated heterocycles. The second kappa shape index (κ2) is 4.79. The van der Waals surface area contributed by atoms with Crippen LogP contribution in [-0.2, 0) is 6.42 Å². The summed E-state index contributed by atoms with van der Waals surface area (Å²) in [6.45, 7) is 0. The van der Waals surface area contributed by atoms with Gasteiger partial charge in [0, 0.05) is 15.9 Å². The van der Waals surface area contributed by atoms with Crippen molar-refractivity contribution in [2.24, 2.45) is 5.73 Å². The van der Waals surface area contributed by atoms with E-state index in [2.05, 4.69) is 6.07 Å². The number of thiophene rings is 1. The van der Waals surface area contributed by atoms with Crippen LogP contribution in [0.15, 0.2) is 41.8 Å². The zero-order chi connectivity index (χ0) is 10.7. The minimum Gasteiger partial charge on any atom is -0.323 e. The molecule has 0 radical (unpaired) electrons. The second-order valence-corrected chi connectivity index (χ2v) is 4.80. The molecule has 2 rings (SSSR count). The highest BCUT2D eigenvalue weighted by Gasteiger charge is 2.09. The molecule has 1 aromatic heterocycles. The highest BCUT2D eigenvalue weighted by Crippen LogP contribution is 2.24. The van der Waals surface area contributed by atoms with Crippen LogP contribution in [0.5, 0.6) is 0 Å². The molecule has 3 heteroatoms. The van der Waals surface area contributed by atoms with E-state index in [9.17, 15) is 0 Å². The molecule has 0 fully saturated rings. The maximum absolute atomic E-state index is 6.09. The Hall–Kier alpha value is -0.830. The molecule has 78 valence electrons. The molecule has 1 aromatic carbocycles. The molecule has 0 aliphatic carbocycles. The molecule has 0 saturated carbocycles. The SMILES string of the molecule is NC(Cc1ccccc1Cl)c1cccs1. The summed E-state index contributed by atoms with van der Waals surface area (Å²) in [7, 11) is 0. The van der Waals surface area contributed by atoms with E-state index in [1.54, 1.807) is 11.3 Å². The van der Waals surface area contributed by atoms with Crippen LogP contribution in [0.1, 0.15) is 16.5 Å². The van der Waals surface area contributed by atoms with Crippen molar-refractivity contribution < 1.29 is 0 Å². The molecule has 1 nitrogen and oxygen atoms in total. The third-order valence-electron chi connectivity index (χ3n) is 2.31. The zero-order valence-corrected chi connectivity index (χ0v) is 9.76. The van der Waals surface area contributed by atoms with E-state index in [0.29, 0.717) is 0 Å². The predicted octanol–water partition coefficient (Wildman–Crippen LogP) is 3.64. The van der Waals surface area contributed by atoms with E-state index < -0.39 is 0 Å². The second-order valence-electron chi connectivity index (χ2n) is 3.42. The van der Waals surface area contributed by atoms with Crippen LogP contribution in [0.25, 0.3) is 0 Å². The molecular formula is C12H12ClNS. The molecule has 2 aromatic rings. The van der Waals surface area contributed by atoms with Crippen molar-refractivity contribution in [3.05, 3.63) is 57.2 Å². The minimum absolute atomic E-state index is 0.0462. The van der Waals surface area contributed by atoms with Crippen molar-refractivity contribution >= 4 is 22.9 Å².